The van der Waals surface area contributed by atoms with Gasteiger partial charge in [0.05, 0.1) is 29.0 Å². The third kappa shape index (κ3) is 3.61. The molecule has 0 aliphatic rings. The van der Waals surface area contributed by atoms with E-state index in [1.807, 2.05) is 31.4 Å². The predicted molar refractivity (Wildman–Crippen MR) is 110 cm³/mol. The smallest absolute Gasteiger partial charge is 0.263 e. The highest BCUT2D eigenvalue weighted by Crippen LogP contribution is 2.29. The summed E-state index contributed by atoms with van der Waals surface area (Å²) in [5.41, 5.74) is 2.57. The number of thiazole rings is 1. The fourth-order valence-electron chi connectivity index (χ4n) is 2.93. The van der Waals surface area contributed by atoms with E-state index in [-0.39, 0.29) is 17.8 Å². The molecule has 8 heteroatoms. The molecule has 0 bridgehead atoms. The van der Waals surface area contributed by atoms with Gasteiger partial charge in [0.15, 0.2) is 0 Å². The molecular formula is C20H17FN4OS2. The zero-order chi connectivity index (χ0) is 19.7. The zero-order valence-corrected chi connectivity index (χ0v) is 16.9. The SMILES string of the molecule is Cc1c(C(C)NC(=O)c2cnc(-c3cccs3)s2)cnn1-c1ccc(F)cc1. The number of carbonyl (C=O) groups excluding carboxylic acids is 1. The minimum Gasteiger partial charge on any atom is -0.345 e. The van der Waals surface area contributed by atoms with E-state index in [2.05, 4.69) is 15.4 Å². The highest BCUT2D eigenvalue weighted by molar-refractivity contribution is 7.21. The van der Waals surface area contributed by atoms with Crippen LogP contribution in [0, 0.1) is 12.7 Å². The summed E-state index contributed by atoms with van der Waals surface area (Å²) in [5, 5.41) is 10.2. The summed E-state index contributed by atoms with van der Waals surface area (Å²) >= 11 is 2.97. The highest BCUT2D eigenvalue weighted by atomic mass is 32.1. The van der Waals surface area contributed by atoms with E-state index in [1.54, 1.807) is 40.5 Å². The molecule has 28 heavy (non-hydrogen) atoms. The zero-order valence-electron chi connectivity index (χ0n) is 15.2. The topological polar surface area (TPSA) is 59.8 Å². The van der Waals surface area contributed by atoms with E-state index < -0.39 is 0 Å². The van der Waals surface area contributed by atoms with Crippen LogP contribution in [0.3, 0.4) is 0 Å². The van der Waals surface area contributed by atoms with Gasteiger partial charge in [-0.15, -0.1) is 22.7 Å². The summed E-state index contributed by atoms with van der Waals surface area (Å²) in [4.78, 5) is 18.6. The number of thiophene rings is 1. The normalized spacial score (nSPS) is 12.1. The molecule has 5 nitrogen and oxygen atoms in total. The Hall–Kier alpha value is -2.84. The van der Waals surface area contributed by atoms with Crippen LogP contribution < -0.4 is 5.32 Å². The van der Waals surface area contributed by atoms with Crippen LogP contribution in [0.15, 0.2) is 54.2 Å². The Morgan fingerprint density at radius 2 is 2.00 bits per heavy atom. The average molecular weight is 413 g/mol. The molecule has 0 fully saturated rings. The summed E-state index contributed by atoms with van der Waals surface area (Å²) in [6.45, 7) is 3.84. The number of aromatic nitrogens is 3. The number of nitrogens with one attached hydrogen (secondary N) is 1. The van der Waals surface area contributed by atoms with Crippen LogP contribution in [0.1, 0.15) is 33.9 Å². The van der Waals surface area contributed by atoms with E-state index >= 15 is 0 Å². The molecule has 4 rings (SSSR count). The minimum absolute atomic E-state index is 0.165. The number of hydrogen-bond acceptors (Lipinski definition) is 5. The maximum atomic E-state index is 13.2. The van der Waals surface area contributed by atoms with Crippen LogP contribution in [0.4, 0.5) is 4.39 Å². The lowest BCUT2D eigenvalue weighted by Gasteiger charge is -2.13. The van der Waals surface area contributed by atoms with Gasteiger partial charge in [0, 0.05) is 11.3 Å². The molecule has 0 aliphatic carbocycles. The Morgan fingerprint density at radius 3 is 2.71 bits per heavy atom. The monoisotopic (exact) mass is 412 g/mol. The number of rotatable bonds is 5. The molecule has 3 aromatic heterocycles. The summed E-state index contributed by atoms with van der Waals surface area (Å²) in [7, 11) is 0. The first-order chi connectivity index (χ1) is 13.5. The maximum absolute atomic E-state index is 13.2. The van der Waals surface area contributed by atoms with E-state index in [0.29, 0.717) is 4.88 Å². The third-order valence-corrected chi connectivity index (χ3v) is 6.43. The standard InChI is InChI=1S/C20H17FN4OS2/c1-12(16-10-23-25(13(16)2)15-7-5-14(21)6-8-15)24-19(26)18-11-22-20(28-18)17-4-3-9-27-17/h3-12H,1-2H3,(H,24,26). The first-order valence-corrected chi connectivity index (χ1v) is 10.3. The van der Waals surface area contributed by atoms with Gasteiger partial charge in [0.25, 0.3) is 5.91 Å². The molecule has 1 atom stereocenters. The van der Waals surface area contributed by atoms with Gasteiger partial charge in [-0.1, -0.05) is 6.07 Å². The summed E-state index contributed by atoms with van der Waals surface area (Å²) in [5.74, 6) is -0.456. The first kappa shape index (κ1) is 18.5. The number of halogens is 1. The van der Waals surface area contributed by atoms with Gasteiger partial charge in [0.2, 0.25) is 0 Å². The number of carbonyl (C=O) groups is 1. The Balaban J connectivity index is 1.50. The molecule has 1 aromatic carbocycles. The second kappa shape index (κ2) is 7.65. The Morgan fingerprint density at radius 1 is 1.21 bits per heavy atom. The lowest BCUT2D eigenvalue weighted by molar-refractivity contribution is 0.0943. The largest absolute Gasteiger partial charge is 0.345 e. The van der Waals surface area contributed by atoms with Gasteiger partial charge in [0.1, 0.15) is 15.7 Å². The third-order valence-electron chi connectivity index (χ3n) is 4.39. The van der Waals surface area contributed by atoms with Crippen LogP contribution in [0.25, 0.3) is 15.6 Å². The van der Waals surface area contributed by atoms with Crippen molar-refractivity contribution in [2.24, 2.45) is 0 Å². The van der Waals surface area contributed by atoms with Gasteiger partial charge in [-0.25, -0.2) is 14.1 Å². The van der Waals surface area contributed by atoms with E-state index in [4.69, 9.17) is 0 Å². The van der Waals surface area contributed by atoms with Crippen molar-refractivity contribution in [3.63, 3.8) is 0 Å². The summed E-state index contributed by atoms with van der Waals surface area (Å²) in [6, 6.07) is 9.87. The van der Waals surface area contributed by atoms with Crippen LogP contribution in [-0.4, -0.2) is 20.7 Å². The van der Waals surface area contributed by atoms with Gasteiger partial charge in [-0.3, -0.25) is 4.79 Å². The van der Waals surface area contributed by atoms with Crippen molar-refractivity contribution >= 4 is 28.6 Å². The summed E-state index contributed by atoms with van der Waals surface area (Å²) < 4.78 is 14.9. The van der Waals surface area contributed by atoms with Crippen molar-refractivity contribution in [2.75, 3.05) is 0 Å². The summed E-state index contributed by atoms with van der Waals surface area (Å²) in [6.07, 6.45) is 3.34. The van der Waals surface area contributed by atoms with Gasteiger partial charge in [-0.2, -0.15) is 5.10 Å². The van der Waals surface area contributed by atoms with Crippen LogP contribution in [-0.2, 0) is 0 Å². The van der Waals surface area contributed by atoms with E-state index in [1.165, 1.54) is 23.5 Å². The highest BCUT2D eigenvalue weighted by Gasteiger charge is 2.19. The number of amides is 1. The molecule has 0 aliphatic heterocycles. The van der Waals surface area contributed by atoms with Crippen LogP contribution in [0.2, 0.25) is 0 Å². The lowest BCUT2D eigenvalue weighted by atomic mass is 10.1. The van der Waals surface area contributed by atoms with Crippen molar-refractivity contribution in [3.05, 3.63) is 76.1 Å². The fraction of sp³-hybridized carbons (Fsp3) is 0.150. The molecule has 0 saturated heterocycles. The molecular weight excluding hydrogens is 395 g/mol. The lowest BCUT2D eigenvalue weighted by Crippen LogP contribution is -2.26. The molecule has 3 heterocycles. The van der Waals surface area contributed by atoms with Gasteiger partial charge < -0.3 is 5.32 Å². The van der Waals surface area contributed by atoms with Crippen LogP contribution >= 0.6 is 22.7 Å². The molecule has 1 N–H and O–H groups in total. The number of benzene rings is 1. The van der Waals surface area contributed by atoms with Crippen molar-refractivity contribution in [1.29, 1.82) is 0 Å². The van der Waals surface area contributed by atoms with E-state index in [0.717, 1.165) is 26.8 Å². The van der Waals surface area contributed by atoms with E-state index in [9.17, 15) is 9.18 Å². The molecule has 1 unspecified atom stereocenters. The van der Waals surface area contributed by atoms with Crippen molar-refractivity contribution in [2.45, 2.75) is 19.9 Å². The van der Waals surface area contributed by atoms with Crippen molar-refractivity contribution in [1.82, 2.24) is 20.1 Å². The maximum Gasteiger partial charge on any atom is 0.263 e. The molecule has 0 saturated carbocycles. The quantitative estimate of drug-likeness (QED) is 0.502. The van der Waals surface area contributed by atoms with Crippen molar-refractivity contribution in [3.8, 4) is 15.6 Å². The fourth-order valence-corrected chi connectivity index (χ4v) is 4.55. The van der Waals surface area contributed by atoms with Crippen molar-refractivity contribution < 1.29 is 9.18 Å². The molecule has 4 aromatic rings. The Bertz CT molecular complexity index is 1100. The first-order valence-electron chi connectivity index (χ1n) is 8.64. The number of nitrogens with zero attached hydrogens (tertiary/aromatic N) is 3. The molecule has 142 valence electrons. The second-order valence-electron chi connectivity index (χ2n) is 6.28. The molecule has 0 radical (unpaired) electrons. The van der Waals surface area contributed by atoms with Gasteiger partial charge >= 0.3 is 0 Å². The Labute approximate surface area is 169 Å². The predicted octanol–water partition coefficient (Wildman–Crippen LogP) is 5.00. The van der Waals surface area contributed by atoms with Gasteiger partial charge in [-0.05, 0) is 49.6 Å². The number of hydrogen-bond donors (Lipinski definition) is 1. The Kier molecular flexibility index (Phi) is 5.06. The molecule has 0 spiro atoms. The average Bonchev–Trinajstić information content (AvgIpc) is 3.43. The van der Waals surface area contributed by atoms with Crippen LogP contribution in [0.5, 0.6) is 0 Å². The minimum atomic E-state index is -0.291. The molecule has 1 amide bonds. The second-order valence-corrected chi connectivity index (χ2v) is 8.25.